The predicted molar refractivity (Wildman–Crippen MR) is 301 cm³/mol. The summed E-state index contributed by atoms with van der Waals surface area (Å²) < 4.78 is 34.1. The van der Waals surface area contributed by atoms with Crippen molar-refractivity contribution in [2.75, 3.05) is 47.5 Å². The van der Waals surface area contributed by atoms with Gasteiger partial charge in [-0.05, 0) is 64.2 Å². The van der Waals surface area contributed by atoms with Gasteiger partial charge in [-0.15, -0.1) is 0 Å². The Morgan fingerprint density at radius 2 is 0.718 bits per heavy atom. The fourth-order valence-electron chi connectivity index (χ4n) is 8.94. The minimum atomic E-state index is -4.63. The molecule has 0 bridgehead atoms. The van der Waals surface area contributed by atoms with Crippen LogP contribution in [0.2, 0.25) is 0 Å². The Hall–Kier alpha value is -1.51. The van der Waals surface area contributed by atoms with Crippen molar-refractivity contribution >= 4 is 19.8 Å². The van der Waals surface area contributed by atoms with Gasteiger partial charge >= 0.3 is 11.9 Å². The monoisotopic (exact) mass is 1020 g/mol. The van der Waals surface area contributed by atoms with E-state index in [1.165, 1.54) is 218 Å². The molecule has 0 saturated heterocycles. The Morgan fingerprint density at radius 3 is 1.07 bits per heavy atom. The van der Waals surface area contributed by atoms with Gasteiger partial charge in [0, 0.05) is 12.8 Å². The molecule has 0 aliphatic carbocycles. The summed E-state index contributed by atoms with van der Waals surface area (Å²) in [6.07, 6.45) is 64.1. The number of quaternary nitrogens is 1. The van der Waals surface area contributed by atoms with E-state index in [2.05, 4.69) is 38.2 Å². The van der Waals surface area contributed by atoms with Crippen LogP contribution < -0.4 is 4.89 Å². The second-order valence-corrected chi connectivity index (χ2v) is 23.5. The standard InChI is InChI=1S/C61H118NO8P/c1-6-8-10-12-14-16-18-20-21-22-23-24-25-26-27-28-29-30-31-32-33-34-35-36-37-38-39-40-41-42-44-46-48-50-52-54-61(64)70-59(58-69-71(65,66)68-56-55-62(3,4)5)57-67-60(63)53-51-49-47-45-43-19-17-15-13-11-9-7-2/h15,17,22-23,59H,6-14,16,18-21,24-58H2,1-5H3/b17-15-,23-22-. The third kappa shape index (κ3) is 57.6. The maximum absolute atomic E-state index is 12.8. The molecule has 0 aromatic carbocycles. The van der Waals surface area contributed by atoms with Crippen LogP contribution in [-0.2, 0) is 32.7 Å². The number of phosphoric acid groups is 1. The highest BCUT2D eigenvalue weighted by atomic mass is 31.2. The maximum Gasteiger partial charge on any atom is 0.306 e. The quantitative estimate of drug-likeness (QED) is 0.0195. The van der Waals surface area contributed by atoms with Crippen molar-refractivity contribution in [3.63, 3.8) is 0 Å². The lowest BCUT2D eigenvalue weighted by Crippen LogP contribution is -2.37. The van der Waals surface area contributed by atoms with Crippen molar-refractivity contribution in [2.24, 2.45) is 0 Å². The van der Waals surface area contributed by atoms with E-state index < -0.39 is 26.5 Å². The van der Waals surface area contributed by atoms with E-state index in [0.29, 0.717) is 17.4 Å². The fraction of sp³-hybridized carbons (Fsp3) is 0.902. The molecule has 0 rings (SSSR count). The van der Waals surface area contributed by atoms with Crippen LogP contribution in [0.15, 0.2) is 24.3 Å². The highest BCUT2D eigenvalue weighted by molar-refractivity contribution is 7.45. The summed E-state index contributed by atoms with van der Waals surface area (Å²) in [5.41, 5.74) is 0. The lowest BCUT2D eigenvalue weighted by molar-refractivity contribution is -0.870. The van der Waals surface area contributed by atoms with Gasteiger partial charge in [0.1, 0.15) is 19.8 Å². The van der Waals surface area contributed by atoms with Gasteiger partial charge in [0.25, 0.3) is 7.82 Å². The summed E-state index contributed by atoms with van der Waals surface area (Å²) in [5, 5.41) is 0. The van der Waals surface area contributed by atoms with E-state index in [1.807, 2.05) is 21.1 Å². The minimum Gasteiger partial charge on any atom is -0.756 e. The first-order valence-electron chi connectivity index (χ1n) is 30.5. The number of likely N-dealkylation sites (N-methyl/N-ethyl adjacent to an activating group) is 1. The van der Waals surface area contributed by atoms with E-state index in [-0.39, 0.29) is 32.0 Å². The number of unbranched alkanes of at least 4 members (excludes halogenated alkanes) is 39. The normalized spacial score (nSPS) is 13.4. The Morgan fingerprint density at radius 1 is 0.423 bits per heavy atom. The Kier molecular flexibility index (Phi) is 52.2. The van der Waals surface area contributed by atoms with Crippen LogP contribution in [0.3, 0.4) is 0 Å². The number of rotatable bonds is 57. The van der Waals surface area contributed by atoms with Gasteiger partial charge in [0.05, 0.1) is 27.7 Å². The second kappa shape index (κ2) is 53.3. The zero-order valence-corrected chi connectivity index (χ0v) is 48.6. The molecule has 71 heavy (non-hydrogen) atoms. The molecule has 0 amide bonds. The van der Waals surface area contributed by atoms with Crippen molar-refractivity contribution in [2.45, 2.75) is 309 Å². The number of hydrogen-bond acceptors (Lipinski definition) is 8. The molecule has 9 nitrogen and oxygen atoms in total. The number of ether oxygens (including phenoxy) is 2. The van der Waals surface area contributed by atoms with Gasteiger partial charge in [-0.2, -0.15) is 0 Å². The third-order valence-electron chi connectivity index (χ3n) is 13.7. The lowest BCUT2D eigenvalue weighted by Gasteiger charge is -2.28. The summed E-state index contributed by atoms with van der Waals surface area (Å²) in [6, 6.07) is 0. The lowest BCUT2D eigenvalue weighted by atomic mass is 10.0. The molecule has 0 saturated carbocycles. The Bertz CT molecular complexity index is 1250. The molecule has 0 aliphatic heterocycles. The number of phosphoric ester groups is 1. The van der Waals surface area contributed by atoms with Crippen molar-refractivity contribution < 1.29 is 42.1 Å². The van der Waals surface area contributed by atoms with E-state index in [1.54, 1.807) is 0 Å². The minimum absolute atomic E-state index is 0.0294. The largest absolute Gasteiger partial charge is 0.756 e. The molecule has 10 heteroatoms. The first-order chi connectivity index (χ1) is 34.5. The summed E-state index contributed by atoms with van der Waals surface area (Å²) in [5.74, 6) is -0.831. The van der Waals surface area contributed by atoms with Crippen molar-refractivity contribution in [3.8, 4) is 0 Å². The highest BCUT2D eigenvalue weighted by Gasteiger charge is 2.22. The highest BCUT2D eigenvalue weighted by Crippen LogP contribution is 2.38. The summed E-state index contributed by atoms with van der Waals surface area (Å²) in [6.45, 7) is 4.24. The first-order valence-corrected chi connectivity index (χ1v) is 32.0. The molecule has 0 N–H and O–H groups in total. The molecule has 2 unspecified atom stereocenters. The summed E-state index contributed by atoms with van der Waals surface area (Å²) >= 11 is 0. The molecule has 0 aliphatic rings. The van der Waals surface area contributed by atoms with Crippen LogP contribution in [-0.4, -0.2) is 70.0 Å². The average molecular weight is 1020 g/mol. The third-order valence-corrected chi connectivity index (χ3v) is 14.7. The molecule has 0 fully saturated rings. The van der Waals surface area contributed by atoms with Crippen molar-refractivity contribution in [1.82, 2.24) is 0 Å². The van der Waals surface area contributed by atoms with Gasteiger partial charge in [-0.25, -0.2) is 0 Å². The van der Waals surface area contributed by atoms with Crippen LogP contribution in [0.1, 0.15) is 303 Å². The molecule has 0 spiro atoms. The number of esters is 2. The fourth-order valence-corrected chi connectivity index (χ4v) is 9.67. The summed E-state index contributed by atoms with van der Waals surface area (Å²) in [4.78, 5) is 37.7. The smallest absolute Gasteiger partial charge is 0.306 e. The van der Waals surface area contributed by atoms with Crippen LogP contribution in [0.4, 0.5) is 0 Å². The number of carbonyl (C=O) groups excluding carboxylic acids is 2. The van der Waals surface area contributed by atoms with Crippen LogP contribution >= 0.6 is 7.82 Å². The van der Waals surface area contributed by atoms with E-state index in [4.69, 9.17) is 18.5 Å². The molecule has 0 heterocycles. The number of nitrogens with zero attached hydrogens (tertiary/aromatic N) is 1. The molecule has 0 radical (unpaired) electrons. The van der Waals surface area contributed by atoms with Gasteiger partial charge in [-0.3, -0.25) is 14.2 Å². The molecular formula is C61H118NO8P. The van der Waals surface area contributed by atoms with Crippen LogP contribution in [0.25, 0.3) is 0 Å². The van der Waals surface area contributed by atoms with E-state index >= 15 is 0 Å². The Balaban J connectivity index is 3.91. The van der Waals surface area contributed by atoms with Gasteiger partial charge < -0.3 is 27.9 Å². The van der Waals surface area contributed by atoms with Gasteiger partial charge in [-0.1, -0.05) is 250 Å². The predicted octanol–water partition coefficient (Wildman–Crippen LogP) is 18.4. The first kappa shape index (κ1) is 69.5. The van der Waals surface area contributed by atoms with Gasteiger partial charge in [0.2, 0.25) is 0 Å². The van der Waals surface area contributed by atoms with Crippen LogP contribution in [0.5, 0.6) is 0 Å². The molecule has 2 atom stereocenters. The average Bonchev–Trinajstić information content (AvgIpc) is 3.33. The molecule has 0 aromatic rings. The zero-order valence-electron chi connectivity index (χ0n) is 47.7. The number of allylic oxidation sites excluding steroid dienone is 4. The zero-order chi connectivity index (χ0) is 52.0. The van der Waals surface area contributed by atoms with E-state index in [9.17, 15) is 19.0 Å². The Labute approximate surface area is 440 Å². The summed E-state index contributed by atoms with van der Waals surface area (Å²) in [7, 11) is 1.18. The number of hydrogen-bond donors (Lipinski definition) is 0. The second-order valence-electron chi connectivity index (χ2n) is 22.1. The van der Waals surface area contributed by atoms with Gasteiger partial charge in [0.15, 0.2) is 6.10 Å². The number of carbonyl (C=O) groups is 2. The van der Waals surface area contributed by atoms with Crippen molar-refractivity contribution in [3.05, 3.63) is 24.3 Å². The topological polar surface area (TPSA) is 111 Å². The SMILES string of the molecule is CCCCC/C=C\CCCCCCCC(=O)OCC(COP(=O)([O-])OCC[N+](C)(C)C)OC(=O)CCCCCCCCCCCCCCCCCCCCCCCCC/C=C\CCCCCCCCCC. The maximum atomic E-state index is 12.8. The van der Waals surface area contributed by atoms with Crippen LogP contribution in [0, 0.1) is 0 Å². The van der Waals surface area contributed by atoms with E-state index in [0.717, 1.165) is 51.4 Å². The molecule has 0 aromatic heterocycles. The van der Waals surface area contributed by atoms with Crippen molar-refractivity contribution in [1.29, 1.82) is 0 Å². The molecule has 420 valence electrons. The molecular weight excluding hydrogens is 906 g/mol.